The van der Waals surface area contributed by atoms with E-state index in [4.69, 9.17) is 11.6 Å². The molecule has 0 saturated carbocycles. The number of hydrogen-bond donors (Lipinski definition) is 2. The summed E-state index contributed by atoms with van der Waals surface area (Å²) in [5, 5.41) is 13.9. The van der Waals surface area contributed by atoms with Crippen LogP contribution in [0.2, 0.25) is 5.02 Å². The molecule has 0 bridgehead atoms. The molecule has 0 saturated heterocycles. The summed E-state index contributed by atoms with van der Waals surface area (Å²) in [5.74, 6) is -0.455. The number of carbonyl (C=O) groups is 1. The summed E-state index contributed by atoms with van der Waals surface area (Å²) in [4.78, 5) is 17.0. The molecule has 2 aromatic carbocycles. The van der Waals surface area contributed by atoms with Gasteiger partial charge in [-0.25, -0.2) is 0 Å². The minimum Gasteiger partial charge on any atom is -0.404 e. The maximum absolute atomic E-state index is 12.6. The number of fused-ring (bicyclic) bond motifs is 1. The van der Waals surface area contributed by atoms with Crippen LogP contribution in [-0.4, -0.2) is 46.3 Å². The first-order valence-corrected chi connectivity index (χ1v) is 12.7. The molecule has 1 aliphatic heterocycles. The summed E-state index contributed by atoms with van der Waals surface area (Å²) in [6.07, 6.45) is 5.05. The molecule has 0 unspecified atom stereocenters. The Morgan fingerprint density at radius 2 is 1.87 bits per heavy atom. The standard InChI is InChI=1S/C26H28ClF3N6O2/c27-22-11-18(6-7-24(22)38-26(28,29)30)14-31-9-4-2-1-3-5-25(37)35-23-13-20(36-16-33-34-17-36)12-19-8-10-32-15-21(19)23/h6-7,11-13,15-17,31H,1-5,8-10,14H2,(H,35,37). The van der Waals surface area contributed by atoms with Gasteiger partial charge in [-0.1, -0.05) is 30.5 Å². The second kappa shape index (κ2) is 12.9. The van der Waals surface area contributed by atoms with Gasteiger partial charge in [-0.05, 0) is 61.2 Å². The smallest absolute Gasteiger partial charge is 0.404 e. The minimum absolute atomic E-state index is 0.0416. The highest BCUT2D eigenvalue weighted by molar-refractivity contribution is 6.32. The first-order chi connectivity index (χ1) is 18.3. The number of aliphatic imine (C=N–C) groups is 1. The highest BCUT2D eigenvalue weighted by Gasteiger charge is 2.32. The van der Waals surface area contributed by atoms with Crippen molar-refractivity contribution >= 4 is 29.4 Å². The molecular weight excluding hydrogens is 521 g/mol. The average molecular weight is 549 g/mol. The number of nitrogens with zero attached hydrogens (tertiary/aromatic N) is 4. The average Bonchev–Trinajstić information content (AvgIpc) is 3.42. The zero-order valence-corrected chi connectivity index (χ0v) is 21.4. The van der Waals surface area contributed by atoms with Crippen LogP contribution in [0.3, 0.4) is 0 Å². The summed E-state index contributed by atoms with van der Waals surface area (Å²) in [5.41, 5.74) is 4.46. The van der Waals surface area contributed by atoms with Gasteiger partial charge >= 0.3 is 6.36 Å². The number of ether oxygens (including phenoxy) is 1. The van der Waals surface area contributed by atoms with E-state index < -0.39 is 12.1 Å². The molecule has 2 heterocycles. The van der Waals surface area contributed by atoms with Crippen LogP contribution in [0.5, 0.6) is 5.75 Å². The molecule has 1 aromatic heterocycles. The molecule has 2 N–H and O–H groups in total. The number of halogens is 4. The van der Waals surface area contributed by atoms with Crippen molar-refractivity contribution in [3.63, 3.8) is 0 Å². The predicted octanol–water partition coefficient (Wildman–Crippen LogP) is 5.47. The highest BCUT2D eigenvalue weighted by Crippen LogP contribution is 2.31. The number of carbonyl (C=O) groups excluding carboxylic acids is 1. The van der Waals surface area contributed by atoms with Gasteiger partial charge in [0.15, 0.2) is 0 Å². The van der Waals surface area contributed by atoms with Crippen LogP contribution in [0.1, 0.15) is 48.8 Å². The lowest BCUT2D eigenvalue weighted by atomic mass is 9.99. The molecule has 0 fully saturated rings. The molecule has 202 valence electrons. The summed E-state index contributed by atoms with van der Waals surface area (Å²) >= 11 is 5.88. The van der Waals surface area contributed by atoms with E-state index in [0.717, 1.165) is 73.3 Å². The van der Waals surface area contributed by atoms with E-state index in [1.165, 1.54) is 12.1 Å². The monoisotopic (exact) mass is 548 g/mol. The molecule has 1 aliphatic rings. The van der Waals surface area contributed by atoms with E-state index in [1.807, 2.05) is 16.8 Å². The molecule has 1 amide bonds. The van der Waals surface area contributed by atoms with Crippen molar-refractivity contribution in [3.05, 3.63) is 64.7 Å². The third-order valence-corrected chi connectivity index (χ3v) is 6.33. The third-order valence-electron chi connectivity index (χ3n) is 6.03. The minimum atomic E-state index is -4.78. The summed E-state index contributed by atoms with van der Waals surface area (Å²) in [6.45, 7) is 1.94. The Hall–Kier alpha value is -3.44. The Morgan fingerprint density at radius 3 is 2.63 bits per heavy atom. The normalized spacial score (nSPS) is 12.8. The molecule has 0 radical (unpaired) electrons. The van der Waals surface area contributed by atoms with E-state index in [1.54, 1.807) is 18.7 Å². The van der Waals surface area contributed by atoms with Gasteiger partial charge < -0.3 is 15.4 Å². The van der Waals surface area contributed by atoms with Crippen molar-refractivity contribution in [1.29, 1.82) is 0 Å². The second-order valence-electron chi connectivity index (χ2n) is 8.92. The quantitative estimate of drug-likeness (QED) is 0.293. The Balaban J connectivity index is 1.15. The fourth-order valence-corrected chi connectivity index (χ4v) is 4.42. The number of alkyl halides is 3. The number of anilines is 1. The van der Waals surface area contributed by atoms with Crippen LogP contribution in [0.15, 0.2) is 48.0 Å². The zero-order chi connectivity index (χ0) is 27.0. The topological polar surface area (TPSA) is 93.4 Å². The van der Waals surface area contributed by atoms with Gasteiger partial charge in [-0.15, -0.1) is 23.4 Å². The van der Waals surface area contributed by atoms with Gasteiger partial charge in [0.05, 0.1) is 16.4 Å². The Morgan fingerprint density at radius 1 is 1.08 bits per heavy atom. The molecule has 3 aromatic rings. The van der Waals surface area contributed by atoms with Gasteiger partial charge in [0.1, 0.15) is 18.4 Å². The predicted molar refractivity (Wildman–Crippen MR) is 139 cm³/mol. The number of hydrogen-bond acceptors (Lipinski definition) is 6. The lowest BCUT2D eigenvalue weighted by molar-refractivity contribution is -0.274. The van der Waals surface area contributed by atoms with Crippen LogP contribution in [0, 0.1) is 0 Å². The number of unbranched alkanes of at least 4 members (excludes halogenated alkanes) is 3. The molecule has 0 spiro atoms. The SMILES string of the molecule is O=C(CCCCCCNCc1ccc(OC(F)(F)F)c(Cl)c1)Nc1cc(-n2cnnc2)cc2c1C=NCC2. The molecule has 38 heavy (non-hydrogen) atoms. The second-order valence-corrected chi connectivity index (χ2v) is 9.33. The number of benzene rings is 2. The third kappa shape index (κ3) is 8.03. The summed E-state index contributed by atoms with van der Waals surface area (Å²) < 4.78 is 42.7. The van der Waals surface area contributed by atoms with E-state index in [0.29, 0.717) is 13.0 Å². The van der Waals surface area contributed by atoms with E-state index in [2.05, 4.69) is 36.6 Å². The van der Waals surface area contributed by atoms with Gasteiger partial charge in [0.2, 0.25) is 5.91 Å². The Bertz CT molecular complexity index is 1260. The van der Waals surface area contributed by atoms with Crippen LogP contribution in [0.25, 0.3) is 5.69 Å². The van der Waals surface area contributed by atoms with E-state index >= 15 is 0 Å². The first-order valence-electron chi connectivity index (χ1n) is 12.3. The molecular formula is C26H28ClF3N6O2. The number of rotatable bonds is 12. The zero-order valence-electron chi connectivity index (χ0n) is 20.6. The lowest BCUT2D eigenvalue weighted by Gasteiger charge is -2.17. The Labute approximate surface area is 223 Å². The van der Waals surface area contributed by atoms with Gasteiger partial charge in [-0.3, -0.25) is 14.4 Å². The van der Waals surface area contributed by atoms with Gasteiger partial charge in [0.25, 0.3) is 0 Å². The van der Waals surface area contributed by atoms with Crippen molar-refractivity contribution in [2.24, 2.45) is 4.99 Å². The molecule has 0 atom stereocenters. The van der Waals surface area contributed by atoms with Crippen molar-refractivity contribution in [2.75, 3.05) is 18.4 Å². The fourth-order valence-electron chi connectivity index (χ4n) is 4.18. The van der Waals surface area contributed by atoms with Gasteiger partial charge in [-0.2, -0.15) is 0 Å². The lowest BCUT2D eigenvalue weighted by Crippen LogP contribution is -2.18. The van der Waals surface area contributed by atoms with Crippen LogP contribution >= 0.6 is 11.6 Å². The van der Waals surface area contributed by atoms with Crippen LogP contribution in [0.4, 0.5) is 18.9 Å². The summed E-state index contributed by atoms with van der Waals surface area (Å²) in [6, 6.07) is 8.20. The van der Waals surface area contributed by atoms with Crippen molar-refractivity contribution in [2.45, 2.75) is 51.4 Å². The van der Waals surface area contributed by atoms with Crippen LogP contribution < -0.4 is 15.4 Å². The molecule has 0 aliphatic carbocycles. The first kappa shape index (κ1) is 27.6. The Kier molecular flexibility index (Phi) is 9.35. The number of amides is 1. The van der Waals surface area contributed by atoms with E-state index in [9.17, 15) is 18.0 Å². The van der Waals surface area contributed by atoms with E-state index in [-0.39, 0.29) is 10.9 Å². The summed E-state index contributed by atoms with van der Waals surface area (Å²) in [7, 11) is 0. The van der Waals surface area contributed by atoms with Crippen LogP contribution in [-0.2, 0) is 17.8 Å². The highest BCUT2D eigenvalue weighted by atomic mass is 35.5. The van der Waals surface area contributed by atoms with Crippen molar-refractivity contribution in [3.8, 4) is 11.4 Å². The fraction of sp³-hybridized carbons (Fsp3) is 0.385. The molecule has 4 rings (SSSR count). The number of aromatic nitrogens is 3. The number of nitrogens with one attached hydrogen (secondary N) is 2. The largest absolute Gasteiger partial charge is 0.573 e. The van der Waals surface area contributed by atoms with Gasteiger partial charge in [0, 0.05) is 31.3 Å². The maximum Gasteiger partial charge on any atom is 0.573 e. The molecule has 12 heteroatoms. The van der Waals surface area contributed by atoms with Crippen molar-refractivity contribution < 1.29 is 22.7 Å². The van der Waals surface area contributed by atoms with Crippen molar-refractivity contribution in [1.82, 2.24) is 20.1 Å². The maximum atomic E-state index is 12.6. The molecule has 8 nitrogen and oxygen atoms in total.